The Bertz CT molecular complexity index is 598. The number of halogens is 1. The molecule has 2 fully saturated rings. The number of carbonyl (C=O) groups excluding carboxylic acids is 2. The maximum Gasteiger partial charge on any atom is 0.233 e. The number of benzene rings is 1. The molecule has 2 aliphatic rings. The third-order valence-electron chi connectivity index (χ3n) is 5.10. The van der Waals surface area contributed by atoms with E-state index in [4.69, 9.17) is 5.73 Å². The van der Waals surface area contributed by atoms with E-state index >= 15 is 0 Å². The third-order valence-corrected chi connectivity index (χ3v) is 5.10. The molecule has 5 heteroatoms. The quantitative estimate of drug-likeness (QED) is 0.928. The van der Waals surface area contributed by atoms with Crippen LogP contribution in [0.5, 0.6) is 0 Å². The Morgan fingerprint density at radius 2 is 2.05 bits per heavy atom. The van der Waals surface area contributed by atoms with Crippen molar-refractivity contribution in [1.82, 2.24) is 4.90 Å². The Hall–Kier alpha value is -1.91. The molecule has 1 atom stereocenters. The van der Waals surface area contributed by atoms with E-state index in [1.807, 2.05) is 6.07 Å². The maximum absolute atomic E-state index is 13.5. The summed E-state index contributed by atoms with van der Waals surface area (Å²) in [4.78, 5) is 26.2. The molecule has 1 unspecified atom stereocenters. The normalized spacial score (nSPS) is 23.7. The highest BCUT2D eigenvalue weighted by atomic mass is 19.1. The Kier molecular flexibility index (Phi) is 3.89. The fraction of sp³-hybridized carbons (Fsp3) is 0.529. The van der Waals surface area contributed by atoms with Gasteiger partial charge in [-0.1, -0.05) is 18.6 Å². The Morgan fingerprint density at radius 1 is 1.27 bits per heavy atom. The van der Waals surface area contributed by atoms with Crippen molar-refractivity contribution in [2.24, 2.45) is 11.7 Å². The molecule has 4 nitrogen and oxygen atoms in total. The zero-order valence-electron chi connectivity index (χ0n) is 12.6. The van der Waals surface area contributed by atoms with Crippen LogP contribution in [0.15, 0.2) is 24.3 Å². The number of nitrogens with two attached hydrogens (primary N) is 1. The first-order valence-corrected chi connectivity index (χ1v) is 7.88. The molecule has 2 amide bonds. The summed E-state index contributed by atoms with van der Waals surface area (Å²) in [6, 6.07) is 6.34. The maximum atomic E-state index is 13.5. The lowest BCUT2D eigenvalue weighted by molar-refractivity contribution is -0.143. The smallest absolute Gasteiger partial charge is 0.233 e. The molecule has 1 heterocycles. The Labute approximate surface area is 129 Å². The van der Waals surface area contributed by atoms with Crippen LogP contribution < -0.4 is 5.73 Å². The molecule has 0 aromatic heterocycles. The van der Waals surface area contributed by atoms with Gasteiger partial charge >= 0.3 is 0 Å². The standard InChI is InChI=1S/C17H21FN2O2/c18-14-6-1-5-13(10-14)17(7-3-8-17)16(22)20-9-2-4-12(11-20)15(19)21/h1,5-6,10,12H,2-4,7-9,11H2,(H2,19,21). The van der Waals surface area contributed by atoms with Crippen LogP contribution in [-0.4, -0.2) is 29.8 Å². The monoisotopic (exact) mass is 304 g/mol. The summed E-state index contributed by atoms with van der Waals surface area (Å²) in [5.74, 6) is -0.895. The van der Waals surface area contributed by atoms with Gasteiger partial charge in [0.25, 0.3) is 0 Å². The SMILES string of the molecule is NC(=O)C1CCCN(C(=O)C2(c3cccc(F)c3)CCC2)C1. The summed E-state index contributed by atoms with van der Waals surface area (Å²) < 4.78 is 13.5. The fourth-order valence-corrected chi connectivity index (χ4v) is 3.64. The highest BCUT2D eigenvalue weighted by molar-refractivity contribution is 5.90. The van der Waals surface area contributed by atoms with Gasteiger partial charge in [-0.2, -0.15) is 0 Å². The second kappa shape index (κ2) is 5.71. The van der Waals surface area contributed by atoms with Gasteiger partial charge in [-0.05, 0) is 43.4 Å². The second-order valence-corrected chi connectivity index (χ2v) is 6.44. The van der Waals surface area contributed by atoms with Crippen molar-refractivity contribution in [3.05, 3.63) is 35.6 Å². The van der Waals surface area contributed by atoms with Crippen LogP contribution in [0.1, 0.15) is 37.7 Å². The van der Waals surface area contributed by atoms with Gasteiger partial charge in [-0.15, -0.1) is 0 Å². The van der Waals surface area contributed by atoms with Crippen LogP contribution in [0.2, 0.25) is 0 Å². The lowest BCUT2D eigenvalue weighted by atomic mass is 9.63. The van der Waals surface area contributed by atoms with Crippen LogP contribution >= 0.6 is 0 Å². The summed E-state index contributed by atoms with van der Waals surface area (Å²) in [6.45, 7) is 1.05. The molecule has 22 heavy (non-hydrogen) atoms. The number of hydrogen-bond acceptors (Lipinski definition) is 2. The molecule has 2 N–H and O–H groups in total. The highest BCUT2D eigenvalue weighted by Crippen LogP contribution is 2.45. The number of piperidine rings is 1. The van der Waals surface area contributed by atoms with E-state index in [9.17, 15) is 14.0 Å². The predicted octanol–water partition coefficient (Wildman–Crippen LogP) is 1.97. The topological polar surface area (TPSA) is 63.4 Å². The average Bonchev–Trinajstić information content (AvgIpc) is 2.46. The number of amides is 2. The molecule has 0 radical (unpaired) electrons. The van der Waals surface area contributed by atoms with Crippen molar-refractivity contribution in [3.8, 4) is 0 Å². The summed E-state index contributed by atoms with van der Waals surface area (Å²) >= 11 is 0. The van der Waals surface area contributed by atoms with E-state index in [0.717, 1.165) is 37.7 Å². The molecular formula is C17H21FN2O2. The first-order chi connectivity index (χ1) is 10.5. The van der Waals surface area contributed by atoms with Crippen molar-refractivity contribution in [3.63, 3.8) is 0 Å². The zero-order valence-corrected chi connectivity index (χ0v) is 12.6. The molecule has 3 rings (SSSR count). The Balaban J connectivity index is 1.84. The minimum atomic E-state index is -0.609. The molecule has 118 valence electrons. The summed E-state index contributed by atoms with van der Waals surface area (Å²) in [6.07, 6.45) is 3.99. The first-order valence-electron chi connectivity index (χ1n) is 7.88. The lowest BCUT2D eigenvalue weighted by Gasteiger charge is -2.45. The summed E-state index contributed by atoms with van der Waals surface area (Å²) in [7, 11) is 0. The molecule has 1 saturated carbocycles. The van der Waals surface area contributed by atoms with Crippen molar-refractivity contribution < 1.29 is 14.0 Å². The number of hydrogen-bond donors (Lipinski definition) is 1. The summed E-state index contributed by atoms with van der Waals surface area (Å²) in [5, 5.41) is 0. The first kappa shape index (κ1) is 15.0. The van der Waals surface area contributed by atoms with Gasteiger partial charge in [-0.3, -0.25) is 9.59 Å². The molecule has 1 aliphatic carbocycles. The van der Waals surface area contributed by atoms with Crippen LogP contribution in [0.3, 0.4) is 0 Å². The molecule has 1 aromatic rings. The highest BCUT2D eigenvalue weighted by Gasteiger charge is 2.48. The van der Waals surface area contributed by atoms with Gasteiger partial charge in [0.2, 0.25) is 11.8 Å². The molecule has 1 aliphatic heterocycles. The van der Waals surface area contributed by atoms with E-state index in [2.05, 4.69) is 0 Å². The average molecular weight is 304 g/mol. The second-order valence-electron chi connectivity index (χ2n) is 6.44. The number of nitrogens with zero attached hydrogens (tertiary/aromatic N) is 1. The van der Waals surface area contributed by atoms with Gasteiger partial charge in [0.15, 0.2) is 0 Å². The largest absolute Gasteiger partial charge is 0.369 e. The van der Waals surface area contributed by atoms with Gasteiger partial charge in [0.1, 0.15) is 5.82 Å². The van der Waals surface area contributed by atoms with Crippen LogP contribution in [0, 0.1) is 11.7 Å². The third kappa shape index (κ3) is 2.49. The van der Waals surface area contributed by atoms with E-state index in [1.165, 1.54) is 12.1 Å². The number of carbonyl (C=O) groups is 2. The lowest BCUT2D eigenvalue weighted by Crippen LogP contribution is -2.54. The number of primary amides is 1. The van der Waals surface area contributed by atoms with E-state index in [-0.39, 0.29) is 23.5 Å². The summed E-state index contributed by atoms with van der Waals surface area (Å²) in [5.41, 5.74) is 5.53. The molecule has 0 spiro atoms. The predicted molar refractivity (Wildman–Crippen MR) is 80.4 cm³/mol. The molecule has 1 aromatic carbocycles. The van der Waals surface area contributed by atoms with E-state index in [0.29, 0.717) is 13.1 Å². The van der Waals surface area contributed by atoms with Crippen molar-refractivity contribution >= 4 is 11.8 Å². The van der Waals surface area contributed by atoms with E-state index < -0.39 is 5.41 Å². The van der Waals surface area contributed by atoms with Crippen LogP contribution in [0.25, 0.3) is 0 Å². The fourth-order valence-electron chi connectivity index (χ4n) is 3.64. The van der Waals surface area contributed by atoms with E-state index in [1.54, 1.807) is 11.0 Å². The van der Waals surface area contributed by atoms with Crippen molar-refractivity contribution in [2.75, 3.05) is 13.1 Å². The van der Waals surface area contributed by atoms with Crippen LogP contribution in [0.4, 0.5) is 4.39 Å². The van der Waals surface area contributed by atoms with Crippen molar-refractivity contribution in [1.29, 1.82) is 0 Å². The van der Waals surface area contributed by atoms with Gasteiger partial charge in [0, 0.05) is 13.1 Å². The molecular weight excluding hydrogens is 283 g/mol. The molecule has 0 bridgehead atoms. The Morgan fingerprint density at radius 3 is 2.64 bits per heavy atom. The number of rotatable bonds is 3. The molecule has 1 saturated heterocycles. The van der Waals surface area contributed by atoms with Crippen molar-refractivity contribution in [2.45, 2.75) is 37.5 Å². The van der Waals surface area contributed by atoms with Crippen LogP contribution in [-0.2, 0) is 15.0 Å². The van der Waals surface area contributed by atoms with Gasteiger partial charge in [0.05, 0.1) is 11.3 Å². The zero-order chi connectivity index (χ0) is 15.7. The number of likely N-dealkylation sites (tertiary alicyclic amines) is 1. The minimum Gasteiger partial charge on any atom is -0.369 e. The van der Waals surface area contributed by atoms with Gasteiger partial charge in [-0.25, -0.2) is 4.39 Å². The minimum absolute atomic E-state index is 0.0234. The van der Waals surface area contributed by atoms with Gasteiger partial charge < -0.3 is 10.6 Å².